The van der Waals surface area contributed by atoms with Crippen LogP contribution in [0.1, 0.15) is 5.56 Å². The molecular weight excluding hydrogens is 399 g/mol. The van der Waals surface area contributed by atoms with Crippen LogP contribution in [-0.4, -0.2) is 63.0 Å². The van der Waals surface area contributed by atoms with E-state index in [0.29, 0.717) is 61.6 Å². The van der Waals surface area contributed by atoms with Gasteiger partial charge in [-0.3, -0.25) is 10.1 Å². The van der Waals surface area contributed by atoms with E-state index in [4.69, 9.17) is 4.74 Å². The van der Waals surface area contributed by atoms with E-state index in [0.717, 1.165) is 17.4 Å². The zero-order chi connectivity index (χ0) is 21.0. The minimum atomic E-state index is -0.383. The van der Waals surface area contributed by atoms with Crippen LogP contribution >= 0.6 is 0 Å². The lowest BCUT2D eigenvalue weighted by Gasteiger charge is -2.27. The van der Waals surface area contributed by atoms with Gasteiger partial charge in [0.1, 0.15) is 5.82 Å². The van der Waals surface area contributed by atoms with Crippen LogP contribution in [0.15, 0.2) is 42.9 Å². The summed E-state index contributed by atoms with van der Waals surface area (Å²) in [5.41, 5.74) is 2.27. The van der Waals surface area contributed by atoms with Crippen LogP contribution in [0.25, 0.3) is 22.3 Å². The van der Waals surface area contributed by atoms with E-state index in [-0.39, 0.29) is 5.82 Å². The number of anilines is 2. The molecule has 0 saturated carbocycles. The van der Waals surface area contributed by atoms with Gasteiger partial charge in [-0.2, -0.15) is 20.1 Å². The minimum absolute atomic E-state index is 0.383. The molecule has 0 spiro atoms. The summed E-state index contributed by atoms with van der Waals surface area (Å²) in [4.78, 5) is 20.0. The summed E-state index contributed by atoms with van der Waals surface area (Å²) in [6.07, 6.45) is 6.01. The first-order valence-electron chi connectivity index (χ1n) is 10.1. The lowest BCUT2D eigenvalue weighted by Crippen LogP contribution is -2.37. The molecule has 0 unspecified atom stereocenters. The van der Waals surface area contributed by atoms with Crippen LogP contribution in [0, 0.1) is 5.82 Å². The van der Waals surface area contributed by atoms with Crippen molar-refractivity contribution in [2.75, 3.05) is 43.1 Å². The van der Waals surface area contributed by atoms with Gasteiger partial charge in [-0.1, -0.05) is 6.07 Å². The summed E-state index contributed by atoms with van der Waals surface area (Å²) in [5, 5.41) is 10.9. The predicted octanol–water partition coefficient (Wildman–Crippen LogP) is 2.44. The molecule has 4 aromatic rings. The average Bonchev–Trinajstić information content (AvgIpc) is 3.28. The van der Waals surface area contributed by atoms with Gasteiger partial charge in [0.05, 0.1) is 24.9 Å². The summed E-state index contributed by atoms with van der Waals surface area (Å²) < 4.78 is 19.7. The van der Waals surface area contributed by atoms with Crippen molar-refractivity contribution in [2.45, 2.75) is 6.42 Å². The Bertz CT molecular complexity index is 1180. The maximum atomic E-state index is 14.2. The van der Waals surface area contributed by atoms with Crippen molar-refractivity contribution >= 4 is 22.8 Å². The number of nitrogens with zero attached hydrogens (tertiary/aromatic N) is 6. The lowest BCUT2D eigenvalue weighted by atomic mass is 10.1. The molecule has 1 fully saturated rings. The molecule has 3 aromatic heterocycles. The number of morpholine rings is 1. The van der Waals surface area contributed by atoms with Crippen LogP contribution in [0.5, 0.6) is 0 Å². The largest absolute Gasteiger partial charge is 0.378 e. The molecule has 0 radical (unpaired) electrons. The van der Waals surface area contributed by atoms with Crippen LogP contribution < -0.4 is 10.2 Å². The fraction of sp³-hybridized carbons (Fsp3) is 0.286. The van der Waals surface area contributed by atoms with Crippen LogP contribution in [-0.2, 0) is 11.2 Å². The molecule has 5 rings (SSSR count). The van der Waals surface area contributed by atoms with Crippen molar-refractivity contribution in [2.24, 2.45) is 0 Å². The Balaban J connectivity index is 1.49. The first-order valence-corrected chi connectivity index (χ1v) is 10.1. The van der Waals surface area contributed by atoms with Gasteiger partial charge < -0.3 is 15.0 Å². The molecule has 0 bridgehead atoms. The zero-order valence-corrected chi connectivity index (χ0v) is 16.8. The molecule has 10 heteroatoms. The van der Waals surface area contributed by atoms with Crippen molar-refractivity contribution in [1.82, 2.24) is 30.1 Å². The van der Waals surface area contributed by atoms with E-state index in [9.17, 15) is 4.39 Å². The Morgan fingerprint density at radius 1 is 1.13 bits per heavy atom. The fourth-order valence-electron chi connectivity index (χ4n) is 3.53. The van der Waals surface area contributed by atoms with Crippen molar-refractivity contribution in [3.05, 3.63) is 54.2 Å². The molecule has 1 aliphatic heterocycles. The number of nitrogens with one attached hydrogen (secondary N) is 2. The number of aromatic nitrogens is 6. The molecule has 0 aliphatic carbocycles. The van der Waals surface area contributed by atoms with E-state index < -0.39 is 0 Å². The molecule has 31 heavy (non-hydrogen) atoms. The van der Waals surface area contributed by atoms with E-state index in [1.807, 2.05) is 23.2 Å². The lowest BCUT2D eigenvalue weighted by molar-refractivity contribution is 0.122. The molecule has 1 aliphatic rings. The molecule has 1 aromatic carbocycles. The smallest absolute Gasteiger partial charge is 0.230 e. The highest BCUT2D eigenvalue weighted by atomic mass is 19.1. The van der Waals surface area contributed by atoms with Gasteiger partial charge in [-0.15, -0.1) is 0 Å². The Labute approximate surface area is 177 Å². The highest BCUT2D eigenvalue weighted by Gasteiger charge is 2.19. The SMILES string of the molecule is Fc1cc(-c2nc(NCCc3cccnc3)nc(N3CCOCC3)n2)c2cn[nH]c2c1. The summed E-state index contributed by atoms with van der Waals surface area (Å²) in [6, 6.07) is 6.76. The number of hydrogen-bond donors (Lipinski definition) is 2. The van der Waals surface area contributed by atoms with E-state index >= 15 is 0 Å². The first kappa shape index (κ1) is 19.3. The van der Waals surface area contributed by atoms with Gasteiger partial charge >= 0.3 is 0 Å². The molecule has 158 valence electrons. The van der Waals surface area contributed by atoms with Crippen molar-refractivity contribution in [1.29, 1.82) is 0 Å². The van der Waals surface area contributed by atoms with Crippen molar-refractivity contribution in [3.8, 4) is 11.4 Å². The molecule has 0 atom stereocenters. The van der Waals surface area contributed by atoms with Gasteiger partial charge in [-0.25, -0.2) is 4.39 Å². The predicted molar refractivity (Wildman–Crippen MR) is 114 cm³/mol. The van der Waals surface area contributed by atoms with Gasteiger partial charge in [-0.05, 0) is 30.2 Å². The van der Waals surface area contributed by atoms with Crippen LogP contribution in [0.4, 0.5) is 16.3 Å². The quantitative estimate of drug-likeness (QED) is 0.490. The van der Waals surface area contributed by atoms with Gasteiger partial charge in [0, 0.05) is 43.0 Å². The number of ether oxygens (including phenoxy) is 1. The third-order valence-electron chi connectivity index (χ3n) is 5.10. The summed E-state index contributed by atoms with van der Waals surface area (Å²) in [5.74, 6) is 0.992. The highest BCUT2D eigenvalue weighted by molar-refractivity contribution is 5.92. The number of aromatic amines is 1. The number of rotatable bonds is 6. The highest BCUT2D eigenvalue weighted by Crippen LogP contribution is 2.28. The standard InChI is InChI=1S/C21H21FN8O/c22-15-10-16(17-13-25-29-18(17)11-15)19-26-20(24-5-3-14-2-1-4-23-12-14)28-21(27-19)30-6-8-31-9-7-30/h1-2,4,10-13H,3,5-9H2,(H,25,29)(H,24,26,27,28). The summed E-state index contributed by atoms with van der Waals surface area (Å²) in [7, 11) is 0. The Kier molecular flexibility index (Phi) is 5.36. The normalized spacial score (nSPS) is 14.2. The Hall–Kier alpha value is -3.66. The number of H-pyrrole nitrogens is 1. The van der Waals surface area contributed by atoms with Gasteiger partial charge in [0.2, 0.25) is 11.9 Å². The number of hydrogen-bond acceptors (Lipinski definition) is 8. The Morgan fingerprint density at radius 2 is 2.03 bits per heavy atom. The monoisotopic (exact) mass is 420 g/mol. The van der Waals surface area contributed by atoms with Crippen LogP contribution in [0.2, 0.25) is 0 Å². The second-order valence-electron chi connectivity index (χ2n) is 7.20. The zero-order valence-electron chi connectivity index (χ0n) is 16.8. The summed E-state index contributed by atoms with van der Waals surface area (Å²) in [6.45, 7) is 3.21. The third kappa shape index (κ3) is 4.29. The van der Waals surface area contributed by atoms with E-state index in [1.54, 1.807) is 12.4 Å². The molecule has 9 nitrogen and oxygen atoms in total. The fourth-order valence-corrected chi connectivity index (χ4v) is 3.53. The molecular formula is C21H21FN8O. The maximum absolute atomic E-state index is 14.2. The third-order valence-corrected chi connectivity index (χ3v) is 5.10. The molecule has 1 saturated heterocycles. The minimum Gasteiger partial charge on any atom is -0.378 e. The number of pyridine rings is 1. The van der Waals surface area contributed by atoms with E-state index in [1.165, 1.54) is 12.1 Å². The molecule has 2 N–H and O–H groups in total. The topological polar surface area (TPSA) is 105 Å². The second-order valence-corrected chi connectivity index (χ2v) is 7.20. The summed E-state index contributed by atoms with van der Waals surface area (Å²) >= 11 is 0. The van der Waals surface area contributed by atoms with Crippen molar-refractivity contribution < 1.29 is 9.13 Å². The van der Waals surface area contributed by atoms with Crippen LogP contribution in [0.3, 0.4) is 0 Å². The van der Waals surface area contributed by atoms with Crippen molar-refractivity contribution in [3.63, 3.8) is 0 Å². The van der Waals surface area contributed by atoms with E-state index in [2.05, 4.69) is 35.5 Å². The second kappa shape index (κ2) is 8.60. The molecule has 0 amide bonds. The number of halogens is 1. The molecule has 4 heterocycles. The number of benzene rings is 1. The average molecular weight is 420 g/mol. The van der Waals surface area contributed by atoms with Gasteiger partial charge in [0.25, 0.3) is 0 Å². The number of fused-ring (bicyclic) bond motifs is 1. The first-order chi connectivity index (χ1) is 15.3. The maximum Gasteiger partial charge on any atom is 0.230 e. The Morgan fingerprint density at radius 3 is 2.87 bits per heavy atom. The van der Waals surface area contributed by atoms with Gasteiger partial charge in [0.15, 0.2) is 5.82 Å².